The monoisotopic (exact) mass is 337 g/mol. The molecule has 1 heterocycles. The number of allylic oxidation sites excluding steroid dienone is 2. The number of nitrogens with zero attached hydrogens (tertiary/aromatic N) is 1. The Balaban J connectivity index is 1.75. The van der Waals surface area contributed by atoms with Crippen molar-refractivity contribution in [1.82, 2.24) is 0 Å². The van der Waals surface area contributed by atoms with Crippen LogP contribution in [0.5, 0.6) is 5.75 Å². The average molecular weight is 337 g/mol. The van der Waals surface area contributed by atoms with Crippen LogP contribution in [0.2, 0.25) is 0 Å². The summed E-state index contributed by atoms with van der Waals surface area (Å²) in [6, 6.07) is 16.5. The van der Waals surface area contributed by atoms with Crippen molar-refractivity contribution in [3.63, 3.8) is 0 Å². The number of imide groups is 1. The molecule has 5 heteroatoms. The van der Waals surface area contributed by atoms with E-state index in [1.54, 1.807) is 43.5 Å². The SMILES string of the molecule is COc1ccc(C=CC=C2SC(=O)N(c3ccccc3)C2=O)cc1. The molecule has 0 saturated carbocycles. The minimum atomic E-state index is -0.296. The van der Waals surface area contributed by atoms with Crippen molar-refractivity contribution in [3.8, 4) is 5.75 Å². The maximum atomic E-state index is 12.4. The molecule has 0 atom stereocenters. The third-order valence-electron chi connectivity index (χ3n) is 3.46. The molecule has 0 aliphatic carbocycles. The molecule has 0 aromatic heterocycles. The molecule has 0 N–H and O–H groups in total. The van der Waals surface area contributed by atoms with E-state index in [0.717, 1.165) is 23.1 Å². The topological polar surface area (TPSA) is 46.6 Å². The lowest BCUT2D eigenvalue weighted by molar-refractivity contribution is -0.113. The number of methoxy groups -OCH3 is 1. The predicted octanol–water partition coefficient (Wildman–Crippen LogP) is 4.49. The summed E-state index contributed by atoms with van der Waals surface area (Å²) in [6.07, 6.45) is 5.30. The van der Waals surface area contributed by atoms with E-state index in [1.807, 2.05) is 36.4 Å². The van der Waals surface area contributed by atoms with Crippen LogP contribution in [0, 0.1) is 0 Å². The van der Waals surface area contributed by atoms with E-state index in [-0.39, 0.29) is 11.1 Å². The van der Waals surface area contributed by atoms with Crippen LogP contribution >= 0.6 is 11.8 Å². The van der Waals surface area contributed by atoms with Gasteiger partial charge < -0.3 is 4.74 Å². The van der Waals surface area contributed by atoms with E-state index in [0.29, 0.717) is 10.6 Å². The van der Waals surface area contributed by atoms with Crippen molar-refractivity contribution in [2.75, 3.05) is 12.0 Å². The number of benzene rings is 2. The molecule has 1 fully saturated rings. The smallest absolute Gasteiger partial charge is 0.298 e. The molecular formula is C19H15NO3S. The molecule has 0 unspecified atom stereocenters. The van der Waals surface area contributed by atoms with Crippen LogP contribution in [0.4, 0.5) is 10.5 Å². The maximum absolute atomic E-state index is 12.4. The van der Waals surface area contributed by atoms with Gasteiger partial charge in [0.1, 0.15) is 5.75 Å². The number of rotatable bonds is 4. The van der Waals surface area contributed by atoms with E-state index < -0.39 is 0 Å². The highest BCUT2D eigenvalue weighted by Crippen LogP contribution is 2.34. The van der Waals surface area contributed by atoms with Crippen molar-refractivity contribution >= 4 is 34.7 Å². The van der Waals surface area contributed by atoms with Crippen LogP contribution in [0.25, 0.3) is 6.08 Å². The minimum absolute atomic E-state index is 0.282. The van der Waals surface area contributed by atoms with E-state index in [9.17, 15) is 9.59 Å². The molecule has 0 radical (unpaired) electrons. The van der Waals surface area contributed by atoms with Gasteiger partial charge in [-0.15, -0.1) is 0 Å². The van der Waals surface area contributed by atoms with Crippen LogP contribution in [0.1, 0.15) is 5.56 Å². The molecule has 3 rings (SSSR count). The van der Waals surface area contributed by atoms with Gasteiger partial charge in [0.05, 0.1) is 17.7 Å². The molecule has 0 bridgehead atoms. The third-order valence-corrected chi connectivity index (χ3v) is 4.35. The highest BCUT2D eigenvalue weighted by atomic mass is 32.2. The van der Waals surface area contributed by atoms with Gasteiger partial charge in [0.25, 0.3) is 11.1 Å². The van der Waals surface area contributed by atoms with Gasteiger partial charge in [0.2, 0.25) is 0 Å². The molecule has 2 aromatic carbocycles. The van der Waals surface area contributed by atoms with Crippen molar-refractivity contribution in [1.29, 1.82) is 0 Å². The van der Waals surface area contributed by atoms with Crippen LogP contribution in [-0.2, 0) is 4.79 Å². The third kappa shape index (κ3) is 3.41. The second-order valence-corrected chi connectivity index (χ2v) is 6.00. The highest BCUT2D eigenvalue weighted by molar-refractivity contribution is 8.18. The van der Waals surface area contributed by atoms with Crippen LogP contribution in [0.15, 0.2) is 71.7 Å². The van der Waals surface area contributed by atoms with Crippen molar-refractivity contribution in [3.05, 3.63) is 77.2 Å². The lowest BCUT2D eigenvalue weighted by Crippen LogP contribution is -2.27. The summed E-state index contributed by atoms with van der Waals surface area (Å²) in [5, 5.41) is -0.282. The van der Waals surface area contributed by atoms with Crippen molar-refractivity contribution < 1.29 is 14.3 Å². The number of para-hydroxylation sites is 1. The van der Waals surface area contributed by atoms with Gasteiger partial charge in [-0.2, -0.15) is 0 Å². The molecule has 120 valence electrons. The van der Waals surface area contributed by atoms with Crippen molar-refractivity contribution in [2.24, 2.45) is 0 Å². The van der Waals surface area contributed by atoms with Gasteiger partial charge >= 0.3 is 0 Å². The maximum Gasteiger partial charge on any atom is 0.298 e. The molecule has 1 aliphatic rings. The number of thioether (sulfide) groups is 1. The van der Waals surface area contributed by atoms with E-state index in [4.69, 9.17) is 4.74 Å². The van der Waals surface area contributed by atoms with Gasteiger partial charge in [-0.05, 0) is 47.7 Å². The first-order chi connectivity index (χ1) is 11.7. The Morgan fingerprint density at radius 1 is 1.00 bits per heavy atom. The standard InChI is InChI=1S/C19H15NO3S/c1-23-16-12-10-14(11-13-16)6-5-9-17-18(21)20(19(22)24-17)15-7-3-2-4-8-15/h2-13H,1H3. The lowest BCUT2D eigenvalue weighted by Gasteiger charge is -2.11. The molecule has 1 aliphatic heterocycles. The van der Waals surface area contributed by atoms with Crippen LogP contribution in [-0.4, -0.2) is 18.3 Å². The summed E-state index contributed by atoms with van der Waals surface area (Å²) < 4.78 is 5.11. The second-order valence-electron chi connectivity index (χ2n) is 5.01. The van der Waals surface area contributed by atoms with Gasteiger partial charge in [-0.1, -0.05) is 42.5 Å². The Kier molecular flexibility index (Phi) is 4.82. The Hall–Kier alpha value is -2.79. The second kappa shape index (κ2) is 7.19. The normalized spacial score (nSPS) is 16.4. The lowest BCUT2D eigenvalue weighted by atomic mass is 10.2. The van der Waals surface area contributed by atoms with Gasteiger partial charge in [-0.25, -0.2) is 4.90 Å². The number of anilines is 1. The predicted molar refractivity (Wildman–Crippen MR) is 97.0 cm³/mol. The zero-order valence-electron chi connectivity index (χ0n) is 13.0. The van der Waals surface area contributed by atoms with E-state index in [1.165, 1.54) is 4.90 Å². The summed E-state index contributed by atoms with van der Waals surface area (Å²) >= 11 is 0.945. The zero-order valence-corrected chi connectivity index (χ0v) is 13.8. The Bertz CT molecular complexity index is 810. The highest BCUT2D eigenvalue weighted by Gasteiger charge is 2.35. The first-order valence-electron chi connectivity index (χ1n) is 7.33. The first kappa shape index (κ1) is 16.1. The quantitative estimate of drug-likeness (QED) is 0.771. The van der Waals surface area contributed by atoms with Crippen molar-refractivity contribution in [2.45, 2.75) is 0 Å². The Morgan fingerprint density at radius 2 is 1.71 bits per heavy atom. The van der Waals surface area contributed by atoms with Gasteiger partial charge in [-0.3, -0.25) is 9.59 Å². The Morgan fingerprint density at radius 3 is 2.38 bits per heavy atom. The summed E-state index contributed by atoms with van der Waals surface area (Å²) in [6.45, 7) is 0. The minimum Gasteiger partial charge on any atom is -0.497 e. The number of hydrogen-bond acceptors (Lipinski definition) is 4. The molecule has 2 aromatic rings. The number of amides is 2. The molecule has 4 nitrogen and oxygen atoms in total. The largest absolute Gasteiger partial charge is 0.497 e. The Labute approximate surface area is 144 Å². The first-order valence-corrected chi connectivity index (χ1v) is 8.14. The number of carbonyl (C=O) groups is 2. The zero-order chi connectivity index (χ0) is 16.9. The van der Waals surface area contributed by atoms with E-state index >= 15 is 0 Å². The molecular weight excluding hydrogens is 322 g/mol. The molecule has 24 heavy (non-hydrogen) atoms. The average Bonchev–Trinajstić information content (AvgIpc) is 2.90. The fraction of sp³-hybridized carbons (Fsp3) is 0.0526. The molecule has 1 saturated heterocycles. The summed E-state index contributed by atoms with van der Waals surface area (Å²) in [5.41, 5.74) is 1.57. The number of hydrogen-bond donors (Lipinski definition) is 0. The molecule has 2 amide bonds. The number of ether oxygens (including phenoxy) is 1. The summed E-state index contributed by atoms with van der Waals surface area (Å²) in [7, 11) is 1.62. The van der Waals surface area contributed by atoms with Crippen LogP contribution in [0.3, 0.4) is 0 Å². The van der Waals surface area contributed by atoms with E-state index in [2.05, 4.69) is 0 Å². The summed E-state index contributed by atoms with van der Waals surface area (Å²) in [5.74, 6) is 0.492. The fourth-order valence-electron chi connectivity index (χ4n) is 2.24. The number of carbonyl (C=O) groups excluding carboxylic acids is 2. The summed E-state index contributed by atoms with van der Waals surface area (Å²) in [4.78, 5) is 26.1. The fourth-order valence-corrected chi connectivity index (χ4v) is 3.04. The van der Waals surface area contributed by atoms with Gasteiger partial charge in [0, 0.05) is 0 Å². The molecule has 0 spiro atoms. The van der Waals surface area contributed by atoms with Gasteiger partial charge in [0.15, 0.2) is 0 Å². The van der Waals surface area contributed by atoms with Crippen LogP contribution < -0.4 is 9.64 Å².